The van der Waals surface area contributed by atoms with Crippen LogP contribution in [0.4, 0.5) is 5.82 Å². The molecule has 0 aromatic carbocycles. The van der Waals surface area contributed by atoms with Crippen LogP contribution in [0.5, 0.6) is 0 Å². The Morgan fingerprint density at radius 1 is 1.25 bits per heavy atom. The van der Waals surface area contributed by atoms with Crippen LogP contribution in [-0.4, -0.2) is 29.5 Å². The van der Waals surface area contributed by atoms with E-state index < -0.39 is 16.0 Å². The number of pyridine rings is 2. The van der Waals surface area contributed by atoms with E-state index in [2.05, 4.69) is 30.6 Å². The average Bonchev–Trinajstić information content (AvgIpc) is 2.41. The van der Waals surface area contributed by atoms with Crippen LogP contribution in [0.1, 0.15) is 10.4 Å². The predicted molar refractivity (Wildman–Crippen MR) is 73.9 cm³/mol. The van der Waals surface area contributed by atoms with E-state index in [1.807, 2.05) is 0 Å². The second-order valence-electron chi connectivity index (χ2n) is 3.63. The van der Waals surface area contributed by atoms with Gasteiger partial charge in [-0.2, -0.15) is 8.42 Å². The SMILES string of the molecule is O=C(O)c1ccc(S(=O)(=O)Nc2ncccc2Br)nc1. The second-order valence-corrected chi connectivity index (χ2v) is 6.11. The molecule has 0 saturated carbocycles. The van der Waals surface area contributed by atoms with E-state index in [1.165, 1.54) is 6.20 Å². The molecular formula is C11H8BrN3O4S. The molecule has 2 heterocycles. The van der Waals surface area contributed by atoms with Crippen LogP contribution in [0.15, 0.2) is 46.2 Å². The Balaban J connectivity index is 2.31. The van der Waals surface area contributed by atoms with Gasteiger partial charge >= 0.3 is 5.97 Å². The first kappa shape index (κ1) is 14.4. The minimum atomic E-state index is -3.92. The van der Waals surface area contributed by atoms with Gasteiger partial charge in [0.25, 0.3) is 10.0 Å². The molecule has 2 N–H and O–H groups in total. The van der Waals surface area contributed by atoms with Crippen LogP contribution in [0.25, 0.3) is 0 Å². The number of hydrogen-bond donors (Lipinski definition) is 2. The first-order chi connectivity index (χ1) is 9.40. The lowest BCUT2D eigenvalue weighted by molar-refractivity contribution is 0.0696. The van der Waals surface area contributed by atoms with Crippen LogP contribution in [0.2, 0.25) is 0 Å². The molecule has 2 aromatic heterocycles. The highest BCUT2D eigenvalue weighted by molar-refractivity contribution is 9.10. The molecule has 0 radical (unpaired) electrons. The van der Waals surface area contributed by atoms with E-state index in [-0.39, 0.29) is 16.4 Å². The molecule has 20 heavy (non-hydrogen) atoms. The van der Waals surface area contributed by atoms with Crippen molar-refractivity contribution in [1.82, 2.24) is 9.97 Å². The summed E-state index contributed by atoms with van der Waals surface area (Å²) in [4.78, 5) is 18.2. The summed E-state index contributed by atoms with van der Waals surface area (Å²) in [6.07, 6.45) is 2.41. The van der Waals surface area contributed by atoms with Gasteiger partial charge in [-0.1, -0.05) is 0 Å². The Morgan fingerprint density at radius 3 is 2.55 bits per heavy atom. The number of carboxylic acids is 1. The molecule has 0 aliphatic heterocycles. The van der Waals surface area contributed by atoms with Gasteiger partial charge < -0.3 is 5.11 Å². The monoisotopic (exact) mass is 357 g/mol. The number of carbonyl (C=O) groups is 1. The maximum atomic E-state index is 12.1. The zero-order valence-corrected chi connectivity index (χ0v) is 12.2. The maximum absolute atomic E-state index is 12.1. The van der Waals surface area contributed by atoms with Gasteiger partial charge in [0.05, 0.1) is 10.0 Å². The average molecular weight is 358 g/mol. The third-order valence-electron chi connectivity index (χ3n) is 2.25. The topological polar surface area (TPSA) is 109 Å². The van der Waals surface area contributed by atoms with Gasteiger partial charge in [-0.25, -0.2) is 14.8 Å². The number of aromatic carboxylic acids is 1. The summed E-state index contributed by atoms with van der Waals surface area (Å²) in [6, 6.07) is 5.55. The summed E-state index contributed by atoms with van der Waals surface area (Å²) in [5.41, 5.74) is -0.0945. The summed E-state index contributed by atoms with van der Waals surface area (Å²) in [7, 11) is -3.92. The van der Waals surface area contributed by atoms with Crippen molar-refractivity contribution in [2.75, 3.05) is 4.72 Å². The van der Waals surface area contributed by atoms with Gasteiger partial charge in [-0.05, 0) is 40.2 Å². The zero-order valence-electron chi connectivity index (χ0n) is 9.82. The number of hydrogen-bond acceptors (Lipinski definition) is 5. The number of nitrogens with zero attached hydrogens (tertiary/aromatic N) is 2. The summed E-state index contributed by atoms with van der Waals surface area (Å²) in [6.45, 7) is 0. The van der Waals surface area contributed by atoms with Crippen molar-refractivity contribution in [3.05, 3.63) is 46.7 Å². The number of rotatable bonds is 4. The number of nitrogens with one attached hydrogen (secondary N) is 1. The zero-order chi connectivity index (χ0) is 14.8. The molecular weight excluding hydrogens is 350 g/mol. The second kappa shape index (κ2) is 5.55. The Kier molecular flexibility index (Phi) is 4.00. The predicted octanol–water partition coefficient (Wildman–Crippen LogP) is 1.74. The van der Waals surface area contributed by atoms with Gasteiger partial charge in [0.15, 0.2) is 10.8 Å². The molecule has 0 saturated heterocycles. The fourth-order valence-corrected chi connectivity index (χ4v) is 2.75. The van der Waals surface area contributed by atoms with Gasteiger partial charge in [0, 0.05) is 12.4 Å². The standard InChI is InChI=1S/C11H8BrN3O4S/c12-8-2-1-5-13-10(8)15-20(18,19)9-4-3-7(6-14-9)11(16)17/h1-6H,(H,13,15)(H,16,17). The van der Waals surface area contributed by atoms with E-state index in [4.69, 9.17) is 5.11 Å². The quantitative estimate of drug-likeness (QED) is 0.862. The third kappa shape index (κ3) is 3.11. The summed E-state index contributed by atoms with van der Waals surface area (Å²) in [5, 5.41) is 8.44. The van der Waals surface area contributed by atoms with Crippen molar-refractivity contribution in [2.45, 2.75) is 5.03 Å². The molecule has 0 aliphatic rings. The van der Waals surface area contributed by atoms with Crippen LogP contribution < -0.4 is 4.72 Å². The molecule has 0 bridgehead atoms. The van der Waals surface area contributed by atoms with Crippen LogP contribution >= 0.6 is 15.9 Å². The fraction of sp³-hybridized carbons (Fsp3) is 0. The molecule has 9 heteroatoms. The van der Waals surface area contributed by atoms with E-state index in [9.17, 15) is 13.2 Å². The molecule has 0 atom stereocenters. The summed E-state index contributed by atoms with van der Waals surface area (Å²) >= 11 is 3.16. The van der Waals surface area contributed by atoms with E-state index in [1.54, 1.807) is 12.1 Å². The molecule has 0 amide bonds. The number of anilines is 1. The first-order valence-electron chi connectivity index (χ1n) is 5.23. The molecule has 0 unspecified atom stereocenters. The summed E-state index contributed by atoms with van der Waals surface area (Å²) in [5.74, 6) is -1.06. The Labute approximate surface area is 122 Å². The number of carboxylic acid groups (broad SMARTS) is 1. The van der Waals surface area contributed by atoms with E-state index >= 15 is 0 Å². The highest BCUT2D eigenvalue weighted by Crippen LogP contribution is 2.21. The van der Waals surface area contributed by atoms with Crippen molar-refractivity contribution in [2.24, 2.45) is 0 Å². The Bertz CT molecular complexity index is 747. The highest BCUT2D eigenvalue weighted by Gasteiger charge is 2.18. The largest absolute Gasteiger partial charge is 0.478 e. The van der Waals surface area contributed by atoms with Crippen molar-refractivity contribution in [3.63, 3.8) is 0 Å². The first-order valence-corrected chi connectivity index (χ1v) is 7.50. The molecule has 0 spiro atoms. The van der Waals surface area contributed by atoms with E-state index in [0.717, 1.165) is 18.3 Å². The number of halogens is 1. The van der Waals surface area contributed by atoms with Crippen molar-refractivity contribution in [3.8, 4) is 0 Å². The molecule has 104 valence electrons. The van der Waals surface area contributed by atoms with Gasteiger partial charge in [-0.3, -0.25) is 4.72 Å². The van der Waals surface area contributed by atoms with Gasteiger partial charge in [-0.15, -0.1) is 0 Å². The lowest BCUT2D eigenvalue weighted by atomic mass is 10.3. The van der Waals surface area contributed by atoms with Crippen molar-refractivity contribution < 1.29 is 18.3 Å². The fourth-order valence-electron chi connectivity index (χ4n) is 1.31. The molecule has 2 aromatic rings. The molecule has 0 aliphatic carbocycles. The lowest BCUT2D eigenvalue weighted by Gasteiger charge is -2.07. The van der Waals surface area contributed by atoms with Crippen molar-refractivity contribution >= 4 is 37.7 Å². The minimum Gasteiger partial charge on any atom is -0.478 e. The van der Waals surface area contributed by atoms with Gasteiger partial charge in [0.2, 0.25) is 0 Å². The van der Waals surface area contributed by atoms with Crippen LogP contribution in [0, 0.1) is 0 Å². The Morgan fingerprint density at radius 2 is 2.00 bits per heavy atom. The lowest BCUT2D eigenvalue weighted by Crippen LogP contribution is -2.16. The minimum absolute atomic E-state index is 0.0945. The smallest absolute Gasteiger partial charge is 0.337 e. The van der Waals surface area contributed by atoms with E-state index in [0.29, 0.717) is 4.47 Å². The molecule has 7 nitrogen and oxygen atoms in total. The van der Waals surface area contributed by atoms with Gasteiger partial charge in [0.1, 0.15) is 0 Å². The highest BCUT2D eigenvalue weighted by atomic mass is 79.9. The van der Waals surface area contributed by atoms with Crippen LogP contribution in [0.3, 0.4) is 0 Å². The Hall–Kier alpha value is -2.00. The number of aromatic nitrogens is 2. The third-order valence-corrected chi connectivity index (χ3v) is 4.14. The normalized spacial score (nSPS) is 11.1. The molecule has 0 fully saturated rings. The molecule has 2 rings (SSSR count). The van der Waals surface area contributed by atoms with Crippen molar-refractivity contribution in [1.29, 1.82) is 0 Å². The summed E-state index contributed by atoms with van der Waals surface area (Å²) < 4.78 is 26.8. The van der Waals surface area contributed by atoms with Crippen LogP contribution in [-0.2, 0) is 10.0 Å². The maximum Gasteiger partial charge on any atom is 0.337 e. The number of sulfonamides is 1.